The van der Waals surface area contributed by atoms with Crippen LogP contribution in [-0.4, -0.2) is 45.2 Å². The Balaban J connectivity index is 2.02. The third-order valence-electron chi connectivity index (χ3n) is 4.38. The Labute approximate surface area is 130 Å². The second-order valence-corrected chi connectivity index (χ2v) is 6.61. The van der Waals surface area contributed by atoms with Crippen LogP contribution in [0.25, 0.3) is 0 Å². The van der Waals surface area contributed by atoms with Gasteiger partial charge in [-0.15, -0.1) is 0 Å². The zero-order valence-corrected chi connectivity index (χ0v) is 14.2. The summed E-state index contributed by atoms with van der Waals surface area (Å²) in [6.45, 7) is 9.97. The normalized spacial score (nSPS) is 16.7. The average molecular weight is 289 g/mol. The maximum atomic E-state index is 3.47. The van der Waals surface area contributed by atoms with Gasteiger partial charge in [-0.1, -0.05) is 24.6 Å². The van der Waals surface area contributed by atoms with E-state index in [2.05, 4.69) is 61.3 Å². The van der Waals surface area contributed by atoms with Gasteiger partial charge in [-0.2, -0.15) is 0 Å². The highest BCUT2D eigenvalue weighted by atomic mass is 15.1. The van der Waals surface area contributed by atoms with Crippen molar-refractivity contribution in [2.24, 2.45) is 5.92 Å². The van der Waals surface area contributed by atoms with Gasteiger partial charge in [0.05, 0.1) is 0 Å². The number of benzene rings is 1. The maximum Gasteiger partial charge on any atom is 0.0412 e. The number of rotatable bonds is 6. The standard InChI is InChI=1S/C18H31N3/c1-5-19-13-17-12-15(2)6-7-18(17)21-10-8-16(9-11-21)14-20(3)4/h6-7,12,16,19H,5,8-11,13-14H2,1-4H3. The summed E-state index contributed by atoms with van der Waals surface area (Å²) in [7, 11) is 4.36. The van der Waals surface area contributed by atoms with Crippen LogP contribution in [0.2, 0.25) is 0 Å². The molecular weight excluding hydrogens is 258 g/mol. The van der Waals surface area contributed by atoms with Crippen LogP contribution in [0.1, 0.15) is 30.9 Å². The summed E-state index contributed by atoms with van der Waals surface area (Å²) >= 11 is 0. The number of hydrogen-bond acceptors (Lipinski definition) is 3. The minimum atomic E-state index is 0.860. The van der Waals surface area contributed by atoms with E-state index in [1.165, 1.54) is 49.3 Å². The van der Waals surface area contributed by atoms with Gasteiger partial charge in [0, 0.05) is 31.9 Å². The van der Waals surface area contributed by atoms with Gasteiger partial charge in [0.25, 0.3) is 0 Å². The maximum absolute atomic E-state index is 3.47. The summed E-state index contributed by atoms with van der Waals surface area (Å²) in [5, 5.41) is 3.47. The molecule has 1 saturated heterocycles. The van der Waals surface area contributed by atoms with Crippen molar-refractivity contribution in [3.63, 3.8) is 0 Å². The van der Waals surface area contributed by atoms with Gasteiger partial charge in [-0.3, -0.25) is 0 Å². The highest BCUT2D eigenvalue weighted by Crippen LogP contribution is 2.27. The van der Waals surface area contributed by atoms with E-state index in [-0.39, 0.29) is 0 Å². The van der Waals surface area contributed by atoms with Gasteiger partial charge in [0.1, 0.15) is 0 Å². The summed E-state index contributed by atoms with van der Waals surface area (Å²) in [6.07, 6.45) is 2.62. The lowest BCUT2D eigenvalue weighted by molar-refractivity contribution is 0.285. The molecule has 0 bridgehead atoms. The van der Waals surface area contributed by atoms with E-state index in [1.807, 2.05) is 0 Å². The first-order valence-corrected chi connectivity index (χ1v) is 8.30. The fraction of sp³-hybridized carbons (Fsp3) is 0.667. The molecule has 118 valence electrons. The first kappa shape index (κ1) is 16.3. The van der Waals surface area contributed by atoms with Gasteiger partial charge in [0.15, 0.2) is 0 Å². The minimum Gasteiger partial charge on any atom is -0.371 e. The van der Waals surface area contributed by atoms with Crippen LogP contribution < -0.4 is 10.2 Å². The molecule has 0 spiro atoms. The number of nitrogens with one attached hydrogen (secondary N) is 1. The second kappa shape index (κ2) is 7.81. The van der Waals surface area contributed by atoms with Crippen LogP contribution in [0.5, 0.6) is 0 Å². The molecular formula is C18H31N3. The smallest absolute Gasteiger partial charge is 0.0412 e. The Bertz CT molecular complexity index is 434. The van der Waals surface area contributed by atoms with Crippen LogP contribution >= 0.6 is 0 Å². The van der Waals surface area contributed by atoms with Gasteiger partial charge in [-0.25, -0.2) is 0 Å². The fourth-order valence-corrected chi connectivity index (χ4v) is 3.30. The second-order valence-electron chi connectivity index (χ2n) is 6.61. The molecule has 0 atom stereocenters. The predicted molar refractivity (Wildman–Crippen MR) is 92.1 cm³/mol. The number of nitrogens with zero attached hydrogens (tertiary/aromatic N) is 2. The average Bonchev–Trinajstić information content (AvgIpc) is 2.46. The van der Waals surface area contributed by atoms with Crippen molar-refractivity contribution in [3.8, 4) is 0 Å². The Kier molecular flexibility index (Phi) is 6.07. The van der Waals surface area contributed by atoms with Crippen LogP contribution in [0.15, 0.2) is 18.2 Å². The van der Waals surface area contributed by atoms with E-state index in [4.69, 9.17) is 0 Å². The zero-order chi connectivity index (χ0) is 15.2. The van der Waals surface area contributed by atoms with Crippen LogP contribution in [-0.2, 0) is 6.54 Å². The summed E-state index contributed by atoms with van der Waals surface area (Å²) in [4.78, 5) is 4.90. The van der Waals surface area contributed by atoms with E-state index in [1.54, 1.807) is 0 Å². The lowest BCUT2D eigenvalue weighted by Crippen LogP contribution is -2.37. The molecule has 0 aliphatic carbocycles. The molecule has 1 aliphatic rings. The number of aryl methyl sites for hydroxylation is 1. The zero-order valence-electron chi connectivity index (χ0n) is 14.2. The molecule has 3 heteroatoms. The van der Waals surface area contributed by atoms with Crippen molar-refractivity contribution in [2.75, 3.05) is 45.2 Å². The molecule has 3 nitrogen and oxygen atoms in total. The molecule has 1 aliphatic heterocycles. The molecule has 1 aromatic rings. The summed E-state index contributed by atoms with van der Waals surface area (Å²) in [5.41, 5.74) is 4.24. The Morgan fingerprint density at radius 1 is 1.24 bits per heavy atom. The van der Waals surface area contributed by atoms with Crippen molar-refractivity contribution in [2.45, 2.75) is 33.2 Å². The lowest BCUT2D eigenvalue weighted by atomic mass is 9.95. The van der Waals surface area contributed by atoms with Crippen molar-refractivity contribution in [3.05, 3.63) is 29.3 Å². The number of piperidine rings is 1. The van der Waals surface area contributed by atoms with Gasteiger partial charge < -0.3 is 15.1 Å². The summed E-state index contributed by atoms with van der Waals surface area (Å²) in [6, 6.07) is 6.90. The lowest BCUT2D eigenvalue weighted by Gasteiger charge is -2.36. The van der Waals surface area contributed by atoms with E-state index in [0.29, 0.717) is 0 Å². The van der Waals surface area contributed by atoms with Crippen molar-refractivity contribution < 1.29 is 0 Å². The Morgan fingerprint density at radius 2 is 1.95 bits per heavy atom. The highest BCUT2D eigenvalue weighted by molar-refractivity contribution is 5.55. The van der Waals surface area contributed by atoms with Crippen LogP contribution in [0, 0.1) is 12.8 Å². The van der Waals surface area contributed by atoms with Crippen molar-refractivity contribution in [1.82, 2.24) is 10.2 Å². The molecule has 21 heavy (non-hydrogen) atoms. The first-order chi connectivity index (χ1) is 10.1. The SMILES string of the molecule is CCNCc1cc(C)ccc1N1CCC(CN(C)C)CC1. The highest BCUT2D eigenvalue weighted by Gasteiger charge is 2.21. The van der Waals surface area contributed by atoms with E-state index >= 15 is 0 Å². The molecule has 0 saturated carbocycles. The molecule has 0 amide bonds. The third-order valence-corrected chi connectivity index (χ3v) is 4.38. The fourth-order valence-electron chi connectivity index (χ4n) is 3.30. The van der Waals surface area contributed by atoms with Crippen molar-refractivity contribution >= 4 is 5.69 Å². The molecule has 0 unspecified atom stereocenters. The largest absolute Gasteiger partial charge is 0.371 e. The molecule has 0 radical (unpaired) electrons. The van der Waals surface area contributed by atoms with Gasteiger partial charge in [-0.05, 0) is 58.0 Å². The van der Waals surface area contributed by atoms with Crippen LogP contribution in [0.4, 0.5) is 5.69 Å². The predicted octanol–water partition coefficient (Wildman–Crippen LogP) is 2.88. The molecule has 1 N–H and O–H groups in total. The van der Waals surface area contributed by atoms with E-state index < -0.39 is 0 Å². The van der Waals surface area contributed by atoms with Crippen molar-refractivity contribution in [1.29, 1.82) is 0 Å². The Morgan fingerprint density at radius 3 is 2.57 bits per heavy atom. The number of anilines is 1. The van der Waals surface area contributed by atoms with Crippen LogP contribution in [0.3, 0.4) is 0 Å². The quantitative estimate of drug-likeness (QED) is 0.869. The summed E-state index contributed by atoms with van der Waals surface area (Å²) < 4.78 is 0. The van der Waals surface area contributed by atoms with E-state index in [0.717, 1.165) is 19.0 Å². The van der Waals surface area contributed by atoms with Gasteiger partial charge in [0.2, 0.25) is 0 Å². The topological polar surface area (TPSA) is 18.5 Å². The number of hydrogen-bond donors (Lipinski definition) is 1. The molecule has 0 aromatic heterocycles. The molecule has 2 rings (SSSR count). The monoisotopic (exact) mass is 289 g/mol. The molecule has 1 aromatic carbocycles. The summed E-state index contributed by atoms with van der Waals surface area (Å²) in [5.74, 6) is 0.860. The van der Waals surface area contributed by atoms with E-state index in [9.17, 15) is 0 Å². The first-order valence-electron chi connectivity index (χ1n) is 8.30. The molecule has 1 fully saturated rings. The third kappa shape index (κ3) is 4.72. The Hall–Kier alpha value is -1.06. The van der Waals surface area contributed by atoms with Gasteiger partial charge >= 0.3 is 0 Å². The molecule has 1 heterocycles. The minimum absolute atomic E-state index is 0.860.